The van der Waals surface area contributed by atoms with Crippen molar-refractivity contribution in [3.8, 4) is 0 Å². The Morgan fingerprint density at radius 3 is 2.07 bits per heavy atom. The van der Waals surface area contributed by atoms with Crippen molar-refractivity contribution >= 4 is 17.9 Å². The topological polar surface area (TPSA) is 58.6 Å². The molecule has 3 rings (SSSR count). The minimum Gasteiger partial charge on any atom is -0.378 e. The molecule has 1 aliphatic heterocycles. The van der Waals surface area contributed by atoms with Gasteiger partial charge in [-0.2, -0.15) is 0 Å². The zero-order valence-electron chi connectivity index (χ0n) is 15.7. The van der Waals surface area contributed by atoms with Crippen LogP contribution in [0.25, 0.3) is 6.08 Å². The molecule has 2 amide bonds. The van der Waals surface area contributed by atoms with Gasteiger partial charge in [0.25, 0.3) is 11.8 Å². The van der Waals surface area contributed by atoms with Crippen LogP contribution < -0.4 is 5.32 Å². The molecule has 1 N–H and O–H groups in total. The number of ether oxygens (including phenoxy) is 1. The van der Waals surface area contributed by atoms with Crippen molar-refractivity contribution in [3.05, 3.63) is 76.5 Å². The quantitative estimate of drug-likeness (QED) is 0.849. The van der Waals surface area contributed by atoms with E-state index in [1.807, 2.05) is 50.2 Å². The van der Waals surface area contributed by atoms with E-state index in [0.29, 0.717) is 31.9 Å². The molecule has 5 heteroatoms. The Labute approximate surface area is 159 Å². The minimum absolute atomic E-state index is 0.195. The number of amides is 2. The lowest BCUT2D eigenvalue weighted by molar-refractivity contribution is -0.131. The summed E-state index contributed by atoms with van der Waals surface area (Å²) >= 11 is 0. The predicted molar refractivity (Wildman–Crippen MR) is 105 cm³/mol. The van der Waals surface area contributed by atoms with Gasteiger partial charge in [0.05, 0.1) is 13.2 Å². The molecule has 2 aromatic carbocycles. The van der Waals surface area contributed by atoms with Crippen LogP contribution in [0.4, 0.5) is 0 Å². The second-order valence-electron chi connectivity index (χ2n) is 6.69. The highest BCUT2D eigenvalue weighted by Crippen LogP contribution is 2.12. The lowest BCUT2D eigenvalue weighted by Crippen LogP contribution is -2.44. The molecule has 1 fully saturated rings. The van der Waals surface area contributed by atoms with Crippen LogP contribution >= 0.6 is 0 Å². The molecule has 0 aromatic heterocycles. The maximum Gasteiger partial charge on any atom is 0.270 e. The SMILES string of the molecule is Cc1ccc(/C=C(/NC(=O)c2ccc(C)cc2)C(=O)N2CCOCC2)cc1. The maximum absolute atomic E-state index is 13.0. The first-order valence-corrected chi connectivity index (χ1v) is 9.06. The number of nitrogens with zero attached hydrogens (tertiary/aromatic N) is 1. The van der Waals surface area contributed by atoms with Gasteiger partial charge >= 0.3 is 0 Å². The van der Waals surface area contributed by atoms with E-state index in [9.17, 15) is 9.59 Å². The van der Waals surface area contributed by atoms with Crippen molar-refractivity contribution in [1.29, 1.82) is 0 Å². The van der Waals surface area contributed by atoms with E-state index in [1.54, 1.807) is 23.1 Å². The van der Waals surface area contributed by atoms with Gasteiger partial charge in [-0.05, 0) is 37.6 Å². The first-order chi connectivity index (χ1) is 13.0. The second-order valence-corrected chi connectivity index (χ2v) is 6.69. The molecular weight excluding hydrogens is 340 g/mol. The fourth-order valence-electron chi connectivity index (χ4n) is 2.82. The molecule has 0 radical (unpaired) electrons. The summed E-state index contributed by atoms with van der Waals surface area (Å²) in [6.45, 7) is 6.03. The number of carbonyl (C=O) groups is 2. The Morgan fingerprint density at radius 1 is 0.926 bits per heavy atom. The van der Waals surface area contributed by atoms with Crippen molar-refractivity contribution in [2.75, 3.05) is 26.3 Å². The van der Waals surface area contributed by atoms with E-state index >= 15 is 0 Å². The van der Waals surface area contributed by atoms with Crippen molar-refractivity contribution in [3.63, 3.8) is 0 Å². The smallest absolute Gasteiger partial charge is 0.270 e. The number of rotatable bonds is 4. The van der Waals surface area contributed by atoms with Gasteiger partial charge in [0.2, 0.25) is 0 Å². The average molecular weight is 364 g/mol. The van der Waals surface area contributed by atoms with Gasteiger partial charge in [0.1, 0.15) is 5.70 Å². The Hall–Kier alpha value is -2.92. The van der Waals surface area contributed by atoms with Crippen LogP contribution in [-0.2, 0) is 9.53 Å². The van der Waals surface area contributed by atoms with Gasteiger partial charge in [-0.3, -0.25) is 9.59 Å². The molecule has 1 heterocycles. The summed E-state index contributed by atoms with van der Waals surface area (Å²) in [4.78, 5) is 27.3. The van der Waals surface area contributed by atoms with E-state index in [1.165, 1.54) is 0 Å². The van der Waals surface area contributed by atoms with Crippen molar-refractivity contribution in [1.82, 2.24) is 10.2 Å². The Morgan fingerprint density at radius 2 is 1.48 bits per heavy atom. The Balaban J connectivity index is 1.86. The molecule has 0 saturated carbocycles. The first kappa shape index (κ1) is 18.9. The standard InChI is InChI=1S/C22H24N2O3/c1-16-3-7-18(8-4-16)15-20(22(26)24-11-13-27-14-12-24)23-21(25)19-9-5-17(2)6-10-19/h3-10,15H,11-14H2,1-2H3,(H,23,25)/b20-15+. The highest BCUT2D eigenvalue weighted by atomic mass is 16.5. The van der Waals surface area contributed by atoms with Crippen LogP contribution in [0.15, 0.2) is 54.2 Å². The van der Waals surface area contributed by atoms with Gasteiger partial charge in [0, 0.05) is 18.7 Å². The van der Waals surface area contributed by atoms with Crippen LogP contribution in [0, 0.1) is 13.8 Å². The molecule has 1 saturated heterocycles. The minimum atomic E-state index is -0.296. The highest BCUT2D eigenvalue weighted by Gasteiger charge is 2.22. The summed E-state index contributed by atoms with van der Waals surface area (Å²) < 4.78 is 5.32. The van der Waals surface area contributed by atoms with Crippen LogP contribution in [0.2, 0.25) is 0 Å². The zero-order valence-corrected chi connectivity index (χ0v) is 15.7. The van der Waals surface area contributed by atoms with Crippen molar-refractivity contribution in [2.24, 2.45) is 0 Å². The van der Waals surface area contributed by atoms with Crippen molar-refractivity contribution in [2.45, 2.75) is 13.8 Å². The van der Waals surface area contributed by atoms with Crippen LogP contribution in [0.1, 0.15) is 27.0 Å². The molecule has 0 aliphatic carbocycles. The van der Waals surface area contributed by atoms with Gasteiger partial charge in [-0.25, -0.2) is 0 Å². The maximum atomic E-state index is 13.0. The molecule has 0 spiro atoms. The number of morpholine rings is 1. The summed E-state index contributed by atoms with van der Waals surface area (Å²) in [6.07, 6.45) is 1.73. The molecule has 5 nitrogen and oxygen atoms in total. The monoisotopic (exact) mass is 364 g/mol. The van der Waals surface area contributed by atoms with E-state index in [4.69, 9.17) is 4.74 Å². The third-order valence-electron chi connectivity index (χ3n) is 4.48. The third-order valence-corrected chi connectivity index (χ3v) is 4.48. The van der Waals surface area contributed by atoms with Crippen molar-refractivity contribution < 1.29 is 14.3 Å². The molecular formula is C22H24N2O3. The zero-order chi connectivity index (χ0) is 19.2. The third kappa shape index (κ3) is 5.05. The van der Waals surface area contributed by atoms with Gasteiger partial charge < -0.3 is 15.0 Å². The molecule has 27 heavy (non-hydrogen) atoms. The number of carbonyl (C=O) groups excluding carboxylic acids is 2. The molecule has 1 aliphatic rings. The van der Waals surface area contributed by atoms with Crippen LogP contribution in [0.5, 0.6) is 0 Å². The molecule has 140 valence electrons. The largest absolute Gasteiger partial charge is 0.378 e. The second kappa shape index (κ2) is 8.64. The summed E-state index contributed by atoms with van der Waals surface area (Å²) in [5.74, 6) is -0.491. The normalized spacial score (nSPS) is 14.7. The first-order valence-electron chi connectivity index (χ1n) is 9.06. The van der Waals surface area contributed by atoms with E-state index in [2.05, 4.69) is 5.32 Å². The molecule has 0 atom stereocenters. The lowest BCUT2D eigenvalue weighted by atomic mass is 10.1. The summed E-state index contributed by atoms with van der Waals surface area (Å²) in [5, 5.41) is 2.80. The Bertz CT molecular complexity index is 833. The van der Waals surface area contributed by atoms with Crippen LogP contribution in [-0.4, -0.2) is 43.0 Å². The fraction of sp³-hybridized carbons (Fsp3) is 0.273. The highest BCUT2D eigenvalue weighted by molar-refractivity contribution is 6.05. The molecule has 0 unspecified atom stereocenters. The number of hydrogen-bond donors (Lipinski definition) is 1. The number of aryl methyl sites for hydroxylation is 2. The predicted octanol–water partition coefficient (Wildman–Crippen LogP) is 2.93. The number of nitrogens with one attached hydrogen (secondary N) is 1. The molecule has 2 aromatic rings. The van der Waals surface area contributed by atoms with Gasteiger partial charge in [-0.15, -0.1) is 0 Å². The van der Waals surface area contributed by atoms with Crippen LogP contribution in [0.3, 0.4) is 0 Å². The summed E-state index contributed by atoms with van der Waals surface area (Å²) in [6, 6.07) is 15.1. The lowest BCUT2D eigenvalue weighted by Gasteiger charge is -2.27. The number of hydrogen-bond acceptors (Lipinski definition) is 3. The summed E-state index contributed by atoms with van der Waals surface area (Å²) in [7, 11) is 0. The molecule has 0 bridgehead atoms. The van der Waals surface area contributed by atoms with Gasteiger partial charge in [0.15, 0.2) is 0 Å². The summed E-state index contributed by atoms with van der Waals surface area (Å²) in [5.41, 5.74) is 3.86. The average Bonchev–Trinajstić information content (AvgIpc) is 2.69. The van der Waals surface area contributed by atoms with Gasteiger partial charge in [-0.1, -0.05) is 47.5 Å². The fourth-order valence-corrected chi connectivity index (χ4v) is 2.82. The van der Waals surface area contributed by atoms with E-state index < -0.39 is 0 Å². The van der Waals surface area contributed by atoms with E-state index in [0.717, 1.165) is 16.7 Å². The van der Waals surface area contributed by atoms with E-state index in [-0.39, 0.29) is 17.5 Å². The Kier molecular flexibility index (Phi) is 6.04. The number of benzene rings is 2.